The van der Waals surface area contributed by atoms with E-state index < -0.39 is 0 Å². The van der Waals surface area contributed by atoms with Crippen LogP contribution in [-0.2, 0) is 6.54 Å². The third-order valence-electron chi connectivity index (χ3n) is 4.73. The number of likely N-dealkylation sites (tertiary alicyclic amines) is 1. The van der Waals surface area contributed by atoms with Crippen molar-refractivity contribution in [2.45, 2.75) is 51.5 Å². The first-order valence-electron chi connectivity index (χ1n) is 7.29. The van der Waals surface area contributed by atoms with Crippen molar-refractivity contribution >= 4 is 0 Å². The number of aryl methyl sites for hydroxylation is 1. The summed E-state index contributed by atoms with van der Waals surface area (Å²) in [6, 6.07) is 2.17. The van der Waals surface area contributed by atoms with Gasteiger partial charge in [0.25, 0.3) is 0 Å². The molecule has 3 aliphatic rings. The summed E-state index contributed by atoms with van der Waals surface area (Å²) >= 11 is 0. The maximum absolute atomic E-state index is 4.77. The first kappa shape index (κ1) is 10.9. The zero-order chi connectivity index (χ0) is 12.2. The number of nitrogens with zero attached hydrogens (tertiary/aromatic N) is 3. The monoisotopic (exact) mass is 243 g/mol. The first-order chi connectivity index (χ1) is 8.72. The van der Waals surface area contributed by atoms with Crippen LogP contribution in [0.4, 0.5) is 0 Å². The van der Waals surface area contributed by atoms with Crippen molar-refractivity contribution in [3.63, 3.8) is 0 Å². The minimum Gasteiger partial charge on any atom is -0.297 e. The third-order valence-corrected chi connectivity index (χ3v) is 4.73. The molecular weight excluding hydrogens is 222 g/mol. The molecule has 3 nitrogen and oxygen atoms in total. The van der Waals surface area contributed by atoms with E-state index in [0.717, 1.165) is 23.5 Å². The quantitative estimate of drug-likeness (QED) is 0.817. The summed E-state index contributed by atoms with van der Waals surface area (Å²) in [5.74, 6) is 1.77. The normalized spacial score (nSPS) is 25.8. The fraction of sp³-hybridized carbons (Fsp3) is 0.733. The van der Waals surface area contributed by atoms with Crippen molar-refractivity contribution in [2.75, 3.05) is 13.1 Å². The van der Waals surface area contributed by atoms with Gasteiger partial charge in [-0.3, -0.25) is 4.90 Å². The van der Waals surface area contributed by atoms with Crippen molar-refractivity contribution in [3.8, 4) is 0 Å². The summed E-state index contributed by atoms with van der Waals surface area (Å²) < 4.78 is 0. The number of aromatic nitrogens is 2. The molecule has 0 radical (unpaired) electrons. The minimum absolute atomic E-state index is 0.664. The Kier molecular flexibility index (Phi) is 2.28. The Hall–Kier alpha value is -0.960. The highest BCUT2D eigenvalue weighted by Crippen LogP contribution is 2.52. The fourth-order valence-corrected chi connectivity index (χ4v) is 3.24. The second kappa shape index (κ2) is 3.77. The fourth-order valence-electron chi connectivity index (χ4n) is 3.24. The first-order valence-corrected chi connectivity index (χ1v) is 7.29. The van der Waals surface area contributed by atoms with Crippen LogP contribution in [0.3, 0.4) is 0 Å². The second-order valence-electron chi connectivity index (χ2n) is 6.59. The molecular formula is C15H21N3. The highest BCUT2D eigenvalue weighted by atomic mass is 15.2. The highest BCUT2D eigenvalue weighted by molar-refractivity contribution is 5.15. The molecule has 1 spiro atoms. The largest absolute Gasteiger partial charge is 0.297 e. The number of rotatable bonds is 3. The Morgan fingerprint density at radius 1 is 1.28 bits per heavy atom. The molecule has 3 heteroatoms. The molecule has 1 saturated heterocycles. The molecule has 1 aliphatic heterocycles. The summed E-state index contributed by atoms with van der Waals surface area (Å²) in [5.41, 5.74) is 3.10. The Labute approximate surface area is 109 Å². The lowest BCUT2D eigenvalue weighted by atomic mass is 10.1. The van der Waals surface area contributed by atoms with Crippen LogP contribution >= 0.6 is 0 Å². The van der Waals surface area contributed by atoms with Gasteiger partial charge in [0.15, 0.2) is 0 Å². The van der Waals surface area contributed by atoms with E-state index in [4.69, 9.17) is 4.98 Å². The van der Waals surface area contributed by atoms with E-state index in [1.54, 1.807) is 0 Å². The average Bonchev–Trinajstić information content (AvgIpc) is 3.19. The maximum Gasteiger partial charge on any atom is 0.131 e. The van der Waals surface area contributed by atoms with Gasteiger partial charge in [-0.05, 0) is 57.1 Å². The van der Waals surface area contributed by atoms with Crippen LogP contribution in [-0.4, -0.2) is 28.0 Å². The standard InChI is InChI=1S/C15H21N3/c1-11-8-13(17-14(16-11)12-2-3-12)9-18-7-6-15(10-18)4-5-15/h8,12H,2-7,9-10H2,1H3. The summed E-state index contributed by atoms with van der Waals surface area (Å²) in [6.07, 6.45) is 6.90. The lowest BCUT2D eigenvalue weighted by Crippen LogP contribution is -2.21. The molecule has 0 unspecified atom stereocenters. The van der Waals surface area contributed by atoms with Gasteiger partial charge in [0.05, 0.1) is 5.69 Å². The zero-order valence-corrected chi connectivity index (χ0v) is 11.2. The molecule has 2 aliphatic carbocycles. The molecule has 96 valence electrons. The van der Waals surface area contributed by atoms with Crippen molar-refractivity contribution in [2.24, 2.45) is 5.41 Å². The van der Waals surface area contributed by atoms with E-state index in [1.807, 2.05) is 0 Å². The van der Waals surface area contributed by atoms with Gasteiger partial charge in [0.2, 0.25) is 0 Å². The predicted octanol–water partition coefficient (Wildman–Crippen LogP) is 2.65. The SMILES string of the molecule is Cc1cc(CN2CCC3(CC3)C2)nc(C2CC2)n1. The maximum atomic E-state index is 4.77. The summed E-state index contributed by atoms with van der Waals surface area (Å²) in [5, 5.41) is 0. The molecule has 18 heavy (non-hydrogen) atoms. The van der Waals surface area contributed by atoms with E-state index in [2.05, 4.69) is 22.9 Å². The van der Waals surface area contributed by atoms with Crippen LogP contribution in [0.2, 0.25) is 0 Å². The molecule has 2 heterocycles. The van der Waals surface area contributed by atoms with E-state index in [1.165, 1.54) is 50.9 Å². The average molecular weight is 243 g/mol. The molecule has 1 aromatic heterocycles. The summed E-state index contributed by atoms with van der Waals surface area (Å²) in [4.78, 5) is 11.9. The van der Waals surface area contributed by atoms with E-state index in [0.29, 0.717) is 5.92 Å². The smallest absolute Gasteiger partial charge is 0.131 e. The van der Waals surface area contributed by atoms with Crippen LogP contribution in [0.15, 0.2) is 6.07 Å². The van der Waals surface area contributed by atoms with Crippen molar-refractivity contribution in [3.05, 3.63) is 23.3 Å². The van der Waals surface area contributed by atoms with Crippen molar-refractivity contribution < 1.29 is 0 Å². The minimum atomic E-state index is 0.664. The lowest BCUT2D eigenvalue weighted by Gasteiger charge is -2.16. The van der Waals surface area contributed by atoms with Gasteiger partial charge < -0.3 is 0 Å². The lowest BCUT2D eigenvalue weighted by molar-refractivity contribution is 0.308. The van der Waals surface area contributed by atoms with E-state index >= 15 is 0 Å². The van der Waals surface area contributed by atoms with Gasteiger partial charge in [-0.15, -0.1) is 0 Å². The Bertz CT molecular complexity index is 475. The molecule has 0 N–H and O–H groups in total. The van der Waals surface area contributed by atoms with Crippen LogP contribution in [0.1, 0.15) is 55.2 Å². The van der Waals surface area contributed by atoms with Gasteiger partial charge in [-0.25, -0.2) is 9.97 Å². The molecule has 0 amide bonds. The zero-order valence-electron chi connectivity index (χ0n) is 11.2. The molecule has 1 aromatic rings. The van der Waals surface area contributed by atoms with Crippen molar-refractivity contribution in [1.82, 2.24) is 14.9 Å². The van der Waals surface area contributed by atoms with Crippen molar-refractivity contribution in [1.29, 1.82) is 0 Å². The molecule has 0 atom stereocenters. The van der Waals surface area contributed by atoms with Gasteiger partial charge in [0, 0.05) is 24.7 Å². The third kappa shape index (κ3) is 2.05. The number of hydrogen-bond donors (Lipinski definition) is 0. The van der Waals surface area contributed by atoms with Crippen LogP contribution in [0.5, 0.6) is 0 Å². The Balaban J connectivity index is 1.50. The molecule has 0 aromatic carbocycles. The van der Waals surface area contributed by atoms with Gasteiger partial charge in [-0.1, -0.05) is 0 Å². The highest BCUT2D eigenvalue weighted by Gasteiger charge is 2.47. The van der Waals surface area contributed by atoms with Crippen LogP contribution in [0, 0.1) is 12.3 Å². The molecule has 4 rings (SSSR count). The molecule has 3 fully saturated rings. The van der Waals surface area contributed by atoms with Crippen LogP contribution < -0.4 is 0 Å². The predicted molar refractivity (Wildman–Crippen MR) is 70.3 cm³/mol. The van der Waals surface area contributed by atoms with Gasteiger partial charge >= 0.3 is 0 Å². The second-order valence-corrected chi connectivity index (χ2v) is 6.59. The topological polar surface area (TPSA) is 29.0 Å². The Morgan fingerprint density at radius 3 is 2.78 bits per heavy atom. The molecule has 2 saturated carbocycles. The van der Waals surface area contributed by atoms with Crippen LogP contribution in [0.25, 0.3) is 0 Å². The summed E-state index contributed by atoms with van der Waals surface area (Å²) in [7, 11) is 0. The number of hydrogen-bond acceptors (Lipinski definition) is 3. The summed E-state index contributed by atoms with van der Waals surface area (Å²) in [6.45, 7) is 5.70. The van der Waals surface area contributed by atoms with Gasteiger partial charge in [0.1, 0.15) is 5.82 Å². The van der Waals surface area contributed by atoms with E-state index in [9.17, 15) is 0 Å². The van der Waals surface area contributed by atoms with E-state index in [-0.39, 0.29) is 0 Å². The Morgan fingerprint density at radius 2 is 2.11 bits per heavy atom. The van der Waals surface area contributed by atoms with Gasteiger partial charge in [-0.2, -0.15) is 0 Å². The molecule has 0 bridgehead atoms.